The van der Waals surface area contributed by atoms with Crippen molar-refractivity contribution in [3.63, 3.8) is 0 Å². The maximum Gasteiger partial charge on any atom is 0.0414 e. The first-order chi connectivity index (χ1) is 4.72. The Hall–Kier alpha value is 0.310. The molecule has 0 aromatic rings. The molecule has 0 N–H and O–H groups in total. The van der Waals surface area contributed by atoms with E-state index in [9.17, 15) is 0 Å². The summed E-state index contributed by atoms with van der Waals surface area (Å²) in [6.45, 7) is 8.39. The van der Waals surface area contributed by atoms with Crippen LogP contribution in [0.4, 0.5) is 0 Å². The van der Waals surface area contributed by atoms with E-state index in [0.29, 0.717) is 6.04 Å². The van der Waals surface area contributed by atoms with Crippen LogP contribution in [0.5, 0.6) is 0 Å². The molecule has 0 aromatic heterocycles. The third kappa shape index (κ3) is 6.43. The molecule has 0 heterocycles. The molecule has 1 atom stereocenters. The van der Waals surface area contributed by atoms with Crippen molar-refractivity contribution in [2.24, 2.45) is 0 Å². The van der Waals surface area contributed by atoms with Gasteiger partial charge in [-0.15, -0.1) is 0 Å². The van der Waals surface area contributed by atoms with Crippen LogP contribution in [-0.2, 0) is 0 Å². The summed E-state index contributed by atoms with van der Waals surface area (Å²) in [4.78, 5) is 2.21. The molecule has 0 spiro atoms. The lowest BCUT2D eigenvalue weighted by Gasteiger charge is -2.20. The lowest BCUT2D eigenvalue weighted by Crippen LogP contribution is -2.26. The van der Waals surface area contributed by atoms with Crippen molar-refractivity contribution in [2.75, 3.05) is 12.9 Å². The molecule has 0 fully saturated rings. The van der Waals surface area contributed by atoms with E-state index in [2.05, 4.69) is 38.4 Å². The van der Waals surface area contributed by atoms with Crippen molar-refractivity contribution < 1.29 is 0 Å². The van der Waals surface area contributed by atoms with Gasteiger partial charge >= 0.3 is 0 Å². The predicted octanol–water partition coefficient (Wildman–Crippen LogP) is 2.63. The third-order valence-corrected chi connectivity index (χ3v) is 2.01. The Morgan fingerprint density at radius 2 is 1.80 bits per heavy atom. The Bertz CT molecular complexity index is 49.2. The summed E-state index contributed by atoms with van der Waals surface area (Å²) >= 11 is 4.13. The average Bonchev–Trinajstić information content (AvgIpc) is 2.05. The minimum atomic E-state index is 0.674. The van der Waals surface area contributed by atoms with Crippen LogP contribution in [0, 0.1) is 0 Å². The summed E-state index contributed by atoms with van der Waals surface area (Å²) < 4.78 is 0. The van der Waals surface area contributed by atoms with Crippen LogP contribution < -0.4 is 0 Å². The highest BCUT2D eigenvalue weighted by molar-refractivity contribution is 7.80. The smallest absolute Gasteiger partial charge is 0.0414 e. The third-order valence-electron chi connectivity index (χ3n) is 1.57. The van der Waals surface area contributed by atoms with Gasteiger partial charge in [0, 0.05) is 11.9 Å². The minimum absolute atomic E-state index is 0.674. The van der Waals surface area contributed by atoms with Gasteiger partial charge in [0.1, 0.15) is 0 Å². The Morgan fingerprint density at radius 1 is 1.40 bits per heavy atom. The molecule has 0 aliphatic heterocycles. The zero-order chi connectivity index (χ0) is 8.57. The Balaban J connectivity index is 0. The second-order valence-electron chi connectivity index (χ2n) is 2.16. The highest BCUT2D eigenvalue weighted by Gasteiger charge is 2.01. The molecule has 0 aromatic carbocycles. The van der Waals surface area contributed by atoms with Crippen LogP contribution in [0.2, 0.25) is 0 Å². The van der Waals surface area contributed by atoms with E-state index >= 15 is 0 Å². The maximum absolute atomic E-state index is 4.13. The molecule has 0 rings (SSSR count). The molecule has 0 aliphatic rings. The fourth-order valence-corrected chi connectivity index (χ4v) is 0.730. The number of hydrogen-bond acceptors (Lipinski definition) is 2. The Kier molecular flexibility index (Phi) is 12.0. The van der Waals surface area contributed by atoms with Gasteiger partial charge in [-0.1, -0.05) is 20.8 Å². The largest absolute Gasteiger partial charge is 0.295 e. The van der Waals surface area contributed by atoms with E-state index < -0.39 is 0 Å². The zero-order valence-corrected chi connectivity index (χ0v) is 8.78. The Morgan fingerprint density at radius 3 is 1.90 bits per heavy atom. The van der Waals surface area contributed by atoms with Gasteiger partial charge in [0.25, 0.3) is 0 Å². The van der Waals surface area contributed by atoms with E-state index in [-0.39, 0.29) is 0 Å². The van der Waals surface area contributed by atoms with Crippen molar-refractivity contribution in [2.45, 2.75) is 40.2 Å². The topological polar surface area (TPSA) is 3.24 Å². The van der Waals surface area contributed by atoms with Crippen LogP contribution in [0.25, 0.3) is 0 Å². The van der Waals surface area contributed by atoms with Gasteiger partial charge in [0.15, 0.2) is 0 Å². The van der Waals surface area contributed by atoms with Gasteiger partial charge in [-0.3, -0.25) is 4.90 Å². The summed E-state index contributed by atoms with van der Waals surface area (Å²) in [6, 6.07) is 0.674. The zero-order valence-electron chi connectivity index (χ0n) is 7.89. The van der Waals surface area contributed by atoms with Crippen LogP contribution in [0.15, 0.2) is 0 Å². The molecular formula is C8H21NS. The van der Waals surface area contributed by atoms with Gasteiger partial charge in [0.2, 0.25) is 0 Å². The number of rotatable bonds is 3. The van der Waals surface area contributed by atoms with Gasteiger partial charge in [0.05, 0.1) is 0 Å². The molecule has 0 amide bonds. The molecule has 0 bridgehead atoms. The summed E-state index contributed by atoms with van der Waals surface area (Å²) in [7, 11) is 2.08. The number of thiol groups is 1. The second kappa shape index (κ2) is 9.31. The number of hydrogen-bond donors (Lipinski definition) is 1. The van der Waals surface area contributed by atoms with E-state index in [0.717, 1.165) is 5.88 Å². The summed E-state index contributed by atoms with van der Waals surface area (Å²) in [5, 5.41) is 0. The van der Waals surface area contributed by atoms with Crippen molar-refractivity contribution in [1.29, 1.82) is 0 Å². The van der Waals surface area contributed by atoms with Gasteiger partial charge in [-0.05, 0) is 20.4 Å². The average molecular weight is 163 g/mol. The van der Waals surface area contributed by atoms with E-state index in [4.69, 9.17) is 0 Å². The lowest BCUT2D eigenvalue weighted by molar-refractivity contribution is 0.295. The summed E-state index contributed by atoms with van der Waals surface area (Å²) in [6.07, 6.45) is 1.21. The highest BCUT2D eigenvalue weighted by Crippen LogP contribution is 1.99. The molecule has 0 saturated heterocycles. The summed E-state index contributed by atoms with van der Waals surface area (Å²) in [5.41, 5.74) is 0. The van der Waals surface area contributed by atoms with Crippen LogP contribution in [0.1, 0.15) is 34.1 Å². The van der Waals surface area contributed by atoms with E-state index in [1.165, 1.54) is 6.42 Å². The fraction of sp³-hybridized carbons (Fsp3) is 1.00. The van der Waals surface area contributed by atoms with Gasteiger partial charge < -0.3 is 0 Å². The molecular weight excluding hydrogens is 142 g/mol. The maximum atomic E-state index is 4.13. The second-order valence-corrected chi connectivity index (χ2v) is 2.44. The van der Waals surface area contributed by atoms with Crippen molar-refractivity contribution >= 4 is 12.6 Å². The van der Waals surface area contributed by atoms with Crippen LogP contribution in [-0.4, -0.2) is 23.9 Å². The molecule has 1 nitrogen and oxygen atoms in total. The minimum Gasteiger partial charge on any atom is -0.295 e. The fourth-order valence-electron chi connectivity index (χ4n) is 0.451. The van der Waals surface area contributed by atoms with Crippen molar-refractivity contribution in [1.82, 2.24) is 4.90 Å². The van der Waals surface area contributed by atoms with Crippen LogP contribution in [0.3, 0.4) is 0 Å². The monoisotopic (exact) mass is 163 g/mol. The van der Waals surface area contributed by atoms with Crippen LogP contribution >= 0.6 is 12.6 Å². The SMILES string of the molecule is CC.CCC(C)N(C)CS. The predicted molar refractivity (Wildman–Crippen MR) is 52.7 cm³/mol. The van der Waals surface area contributed by atoms with Crippen molar-refractivity contribution in [3.05, 3.63) is 0 Å². The van der Waals surface area contributed by atoms with Gasteiger partial charge in [-0.25, -0.2) is 0 Å². The van der Waals surface area contributed by atoms with Crippen molar-refractivity contribution in [3.8, 4) is 0 Å². The first-order valence-electron chi connectivity index (χ1n) is 4.03. The normalized spacial score (nSPS) is 12.3. The first kappa shape index (κ1) is 12.9. The number of nitrogens with zero attached hydrogens (tertiary/aromatic N) is 1. The van der Waals surface area contributed by atoms with Gasteiger partial charge in [-0.2, -0.15) is 12.6 Å². The molecule has 2 heteroatoms. The van der Waals surface area contributed by atoms with E-state index in [1.54, 1.807) is 0 Å². The molecule has 10 heavy (non-hydrogen) atoms. The molecule has 0 saturated carbocycles. The highest BCUT2D eigenvalue weighted by atomic mass is 32.1. The summed E-state index contributed by atoms with van der Waals surface area (Å²) in [5.74, 6) is 0.856. The van der Waals surface area contributed by atoms with E-state index in [1.807, 2.05) is 13.8 Å². The molecule has 0 aliphatic carbocycles. The molecule has 0 radical (unpaired) electrons. The quantitative estimate of drug-likeness (QED) is 0.494. The molecule has 1 unspecified atom stereocenters. The standard InChI is InChI=1S/C6H15NS.C2H6/c1-4-6(2)7(3)5-8;1-2/h6,8H,4-5H2,1-3H3;1-2H3. The lowest BCUT2D eigenvalue weighted by atomic mass is 10.2. The Labute approximate surface area is 71.2 Å². The first-order valence-corrected chi connectivity index (χ1v) is 4.66. The molecule has 64 valence electrons.